The van der Waals surface area contributed by atoms with Gasteiger partial charge in [0.2, 0.25) is 5.91 Å². The number of carbonyl (C=O) groups excluding carboxylic acids is 1. The Labute approximate surface area is 190 Å². The highest BCUT2D eigenvalue weighted by Gasteiger charge is 2.24. The molecule has 5 nitrogen and oxygen atoms in total. The lowest BCUT2D eigenvalue weighted by Crippen LogP contribution is -2.25. The number of hydrogen-bond acceptors (Lipinski definition) is 3. The van der Waals surface area contributed by atoms with Gasteiger partial charge in [0.1, 0.15) is 5.82 Å². The molecule has 0 aliphatic heterocycles. The summed E-state index contributed by atoms with van der Waals surface area (Å²) < 4.78 is 0. The molecule has 0 radical (unpaired) electrons. The van der Waals surface area contributed by atoms with E-state index in [0.29, 0.717) is 32.8 Å². The maximum absolute atomic E-state index is 13.1. The molecule has 2 heterocycles. The maximum Gasteiger partial charge on any atom is 0.232 e. The van der Waals surface area contributed by atoms with Crippen molar-refractivity contribution in [1.29, 1.82) is 0 Å². The monoisotopic (exact) mass is 452 g/mol. The van der Waals surface area contributed by atoms with Crippen molar-refractivity contribution in [3.8, 4) is 11.4 Å². The van der Waals surface area contributed by atoms with Crippen LogP contribution < -0.4 is 5.32 Å². The molecule has 1 amide bonds. The zero-order valence-corrected chi connectivity index (χ0v) is 18.9. The Balaban J connectivity index is 1.64. The summed E-state index contributed by atoms with van der Waals surface area (Å²) in [5.74, 6) is 0.312. The normalized spacial score (nSPS) is 12.3. The summed E-state index contributed by atoms with van der Waals surface area (Å²) in [6.07, 6.45) is 1.77. The summed E-state index contributed by atoms with van der Waals surface area (Å²) in [4.78, 5) is 25.3. The minimum atomic E-state index is -0.310. The van der Waals surface area contributed by atoms with Gasteiger partial charge in [-0.1, -0.05) is 49.2 Å². The van der Waals surface area contributed by atoms with Gasteiger partial charge >= 0.3 is 0 Å². The molecule has 0 saturated carbocycles. The van der Waals surface area contributed by atoms with Crippen LogP contribution in [0.4, 0.5) is 5.69 Å². The molecule has 0 spiro atoms. The molecule has 0 aliphatic carbocycles. The molecule has 4 rings (SSSR count). The second-order valence-electron chi connectivity index (χ2n) is 7.93. The van der Waals surface area contributed by atoms with Gasteiger partial charge in [-0.05, 0) is 60.4 Å². The first-order valence-corrected chi connectivity index (χ1v) is 10.8. The van der Waals surface area contributed by atoms with E-state index < -0.39 is 0 Å². The largest absolute Gasteiger partial charge is 0.337 e. The third-order valence-corrected chi connectivity index (χ3v) is 5.72. The minimum Gasteiger partial charge on any atom is -0.337 e. The standard InChI is InChI=1S/C24H22Cl2N4O/c1-13(2)21(15-4-6-16(25)7-5-15)24(31)28-17-8-9-19(26)18(11-17)22-29-20-10-14(3)12-27-23(20)30-22/h4-13,21H,1-3H3,(H,28,31)(H,27,29,30). The van der Waals surface area contributed by atoms with E-state index in [9.17, 15) is 4.79 Å². The molecule has 1 atom stereocenters. The number of benzene rings is 2. The van der Waals surface area contributed by atoms with Crippen LogP contribution in [0.5, 0.6) is 0 Å². The van der Waals surface area contributed by atoms with E-state index in [1.807, 2.05) is 45.0 Å². The highest BCUT2D eigenvalue weighted by Crippen LogP contribution is 2.32. The number of hydrogen-bond donors (Lipinski definition) is 2. The molecule has 0 saturated heterocycles. The number of aromatic amines is 1. The lowest BCUT2D eigenvalue weighted by Gasteiger charge is -2.21. The molecule has 158 valence electrons. The number of imidazole rings is 1. The molecule has 31 heavy (non-hydrogen) atoms. The van der Waals surface area contributed by atoms with Crippen molar-refractivity contribution in [1.82, 2.24) is 15.0 Å². The number of amides is 1. The smallest absolute Gasteiger partial charge is 0.232 e. The summed E-state index contributed by atoms with van der Waals surface area (Å²) in [7, 11) is 0. The number of nitrogens with one attached hydrogen (secondary N) is 2. The summed E-state index contributed by atoms with van der Waals surface area (Å²) in [6.45, 7) is 6.02. The van der Waals surface area contributed by atoms with E-state index in [-0.39, 0.29) is 17.7 Å². The van der Waals surface area contributed by atoms with Crippen molar-refractivity contribution in [3.05, 3.63) is 75.9 Å². The Kier molecular flexibility index (Phi) is 5.99. The van der Waals surface area contributed by atoms with E-state index in [1.54, 1.807) is 30.5 Å². The first-order valence-electron chi connectivity index (χ1n) is 10.0. The van der Waals surface area contributed by atoms with Gasteiger partial charge in [-0.25, -0.2) is 9.97 Å². The predicted octanol–water partition coefficient (Wildman–Crippen LogP) is 6.62. The summed E-state index contributed by atoms with van der Waals surface area (Å²) in [5, 5.41) is 4.21. The summed E-state index contributed by atoms with van der Waals surface area (Å²) in [6, 6.07) is 14.7. The second-order valence-corrected chi connectivity index (χ2v) is 8.77. The van der Waals surface area contributed by atoms with Crippen LogP contribution in [-0.2, 0) is 4.79 Å². The molecule has 1 unspecified atom stereocenters. The lowest BCUT2D eigenvalue weighted by molar-refractivity contribution is -0.118. The number of fused-ring (bicyclic) bond motifs is 1. The molecule has 2 aromatic carbocycles. The van der Waals surface area contributed by atoms with Gasteiger partial charge in [-0.15, -0.1) is 0 Å². The van der Waals surface area contributed by atoms with Gasteiger partial charge in [0.05, 0.1) is 16.5 Å². The Bertz CT molecular complexity index is 1250. The summed E-state index contributed by atoms with van der Waals surface area (Å²) in [5.41, 5.74) is 4.76. The Morgan fingerprint density at radius 3 is 2.52 bits per heavy atom. The van der Waals surface area contributed by atoms with Crippen LogP contribution in [0.15, 0.2) is 54.7 Å². The zero-order valence-electron chi connectivity index (χ0n) is 17.4. The van der Waals surface area contributed by atoms with Crippen LogP contribution in [0.1, 0.15) is 30.9 Å². The molecular formula is C24H22Cl2N4O. The SMILES string of the molecule is Cc1cnc2nc(-c3cc(NC(=O)C(c4ccc(Cl)cc4)C(C)C)ccc3Cl)[nH]c2c1. The lowest BCUT2D eigenvalue weighted by atomic mass is 9.87. The van der Waals surface area contributed by atoms with Crippen molar-refractivity contribution in [2.24, 2.45) is 5.92 Å². The van der Waals surface area contributed by atoms with Gasteiger partial charge < -0.3 is 10.3 Å². The first-order chi connectivity index (χ1) is 14.8. The second kappa shape index (κ2) is 8.69. The van der Waals surface area contributed by atoms with Crippen molar-refractivity contribution < 1.29 is 4.79 Å². The van der Waals surface area contributed by atoms with Crippen LogP contribution in [-0.4, -0.2) is 20.9 Å². The highest BCUT2D eigenvalue weighted by atomic mass is 35.5. The molecule has 0 bridgehead atoms. The van der Waals surface area contributed by atoms with Gasteiger partial charge in [0.15, 0.2) is 5.65 Å². The van der Waals surface area contributed by atoms with Gasteiger partial charge in [-0.2, -0.15) is 0 Å². The van der Waals surface area contributed by atoms with E-state index in [1.165, 1.54) is 0 Å². The number of rotatable bonds is 5. The summed E-state index contributed by atoms with van der Waals surface area (Å²) >= 11 is 12.5. The number of aryl methyl sites for hydroxylation is 1. The average molecular weight is 453 g/mol. The van der Waals surface area contributed by atoms with Gasteiger partial charge in [0.25, 0.3) is 0 Å². The van der Waals surface area contributed by atoms with E-state index >= 15 is 0 Å². The zero-order chi connectivity index (χ0) is 22.1. The number of nitrogens with zero attached hydrogens (tertiary/aromatic N) is 2. The van der Waals surface area contributed by atoms with Gasteiger partial charge in [-0.3, -0.25) is 4.79 Å². The van der Waals surface area contributed by atoms with Crippen molar-refractivity contribution in [2.45, 2.75) is 26.7 Å². The highest BCUT2D eigenvalue weighted by molar-refractivity contribution is 6.33. The molecule has 0 aliphatic rings. The van der Waals surface area contributed by atoms with E-state index in [4.69, 9.17) is 23.2 Å². The number of aromatic nitrogens is 3. The number of pyridine rings is 1. The third-order valence-electron chi connectivity index (χ3n) is 5.14. The average Bonchev–Trinajstić information content (AvgIpc) is 3.13. The number of anilines is 1. The quantitative estimate of drug-likeness (QED) is 0.357. The predicted molar refractivity (Wildman–Crippen MR) is 127 cm³/mol. The molecule has 0 fully saturated rings. The van der Waals surface area contributed by atoms with Crippen LogP contribution in [0.3, 0.4) is 0 Å². The minimum absolute atomic E-state index is 0.0903. The van der Waals surface area contributed by atoms with Crippen LogP contribution in [0, 0.1) is 12.8 Å². The molecule has 7 heteroatoms. The third kappa shape index (κ3) is 4.58. The molecule has 4 aromatic rings. The fraction of sp³-hybridized carbons (Fsp3) is 0.208. The van der Waals surface area contributed by atoms with Crippen LogP contribution >= 0.6 is 23.2 Å². The van der Waals surface area contributed by atoms with Crippen LogP contribution in [0.25, 0.3) is 22.6 Å². The topological polar surface area (TPSA) is 70.7 Å². The Morgan fingerprint density at radius 2 is 1.81 bits per heavy atom. The van der Waals surface area contributed by atoms with Crippen molar-refractivity contribution >= 4 is 46.0 Å². The Morgan fingerprint density at radius 1 is 1.06 bits per heavy atom. The first kappa shape index (κ1) is 21.3. The molecule has 2 aromatic heterocycles. The fourth-order valence-electron chi connectivity index (χ4n) is 3.65. The van der Waals surface area contributed by atoms with Crippen molar-refractivity contribution in [2.75, 3.05) is 5.32 Å². The van der Waals surface area contributed by atoms with Gasteiger partial charge in [0, 0.05) is 22.5 Å². The fourth-order valence-corrected chi connectivity index (χ4v) is 3.98. The van der Waals surface area contributed by atoms with E-state index in [0.717, 1.165) is 16.6 Å². The van der Waals surface area contributed by atoms with E-state index in [2.05, 4.69) is 20.3 Å². The number of carbonyl (C=O) groups is 1. The maximum atomic E-state index is 13.1. The Hall–Kier alpha value is -2.89. The van der Waals surface area contributed by atoms with Crippen LogP contribution in [0.2, 0.25) is 10.0 Å². The molecule has 2 N–H and O–H groups in total. The number of halogens is 2. The number of H-pyrrole nitrogens is 1. The van der Waals surface area contributed by atoms with Crippen molar-refractivity contribution in [3.63, 3.8) is 0 Å². The molecular weight excluding hydrogens is 431 g/mol.